The molecule has 1 saturated heterocycles. The first-order valence-electron chi connectivity index (χ1n) is 13.1. The van der Waals surface area contributed by atoms with Gasteiger partial charge < -0.3 is 14.9 Å². The Labute approximate surface area is 240 Å². The number of carbonyl (C=O) groups is 1. The molecule has 1 N–H and O–H groups in total. The number of anilines is 2. The molecule has 2 aromatic heterocycles. The van der Waals surface area contributed by atoms with Gasteiger partial charge in [0, 0.05) is 81.6 Å². The quantitative estimate of drug-likeness (QED) is 0.297. The predicted molar refractivity (Wildman–Crippen MR) is 159 cm³/mol. The molecular weight excluding hydrogens is 531 g/mol. The zero-order valence-electron chi connectivity index (χ0n) is 23.8. The molecule has 212 valence electrons. The number of carbonyl (C=O) groups excluding carboxylic acids is 1. The largest absolute Gasteiger partial charge is 0.505 e. The maximum atomic E-state index is 14.8. The van der Waals surface area contributed by atoms with Crippen LogP contribution in [-0.4, -0.2) is 77.1 Å². The molecule has 0 radical (unpaired) electrons. The average molecular weight is 567 g/mol. The second-order valence-corrected chi connectivity index (χ2v) is 11.5. The molecule has 1 aliphatic heterocycles. The minimum atomic E-state index is -0.743. The summed E-state index contributed by atoms with van der Waals surface area (Å²) in [6.07, 6.45) is 5.54. The lowest BCUT2D eigenvalue weighted by Crippen LogP contribution is -2.53. The predicted octanol–water partition coefficient (Wildman–Crippen LogP) is 5.53. The van der Waals surface area contributed by atoms with Crippen LogP contribution in [0.4, 0.5) is 15.8 Å². The number of piperazine rings is 1. The molecule has 0 unspecified atom stereocenters. The standard InChI is InChI=1S/C30H36ClFN6O2/c1-20-26(36-11-13-38(14-12-36)30(2,3)4)16-22(18-33-20)28-29(40)23(17-27(32)34-28)21-7-8-25(24(31)15-21)37(19-39)10-9-35(5)6/h7-10,15-19,40H,11-14H2,1-6H3/b10-9-. The topological polar surface area (TPSA) is 76.0 Å². The van der Waals surface area contributed by atoms with Crippen molar-refractivity contribution in [1.29, 1.82) is 0 Å². The van der Waals surface area contributed by atoms with Gasteiger partial charge in [-0.05, 0) is 51.5 Å². The molecule has 1 aromatic carbocycles. The third kappa shape index (κ3) is 6.37. The highest BCUT2D eigenvalue weighted by atomic mass is 35.5. The molecule has 0 bridgehead atoms. The van der Waals surface area contributed by atoms with E-state index in [2.05, 4.69) is 40.5 Å². The van der Waals surface area contributed by atoms with Gasteiger partial charge in [0.05, 0.1) is 22.1 Å². The molecule has 0 atom stereocenters. The Kier molecular flexibility index (Phi) is 8.65. The van der Waals surface area contributed by atoms with Crippen LogP contribution in [0.1, 0.15) is 26.5 Å². The van der Waals surface area contributed by atoms with Crippen molar-refractivity contribution in [3.05, 3.63) is 65.6 Å². The van der Waals surface area contributed by atoms with Crippen LogP contribution in [0, 0.1) is 12.9 Å². The Morgan fingerprint density at radius 1 is 1.05 bits per heavy atom. The smallest absolute Gasteiger partial charge is 0.218 e. The summed E-state index contributed by atoms with van der Waals surface area (Å²) in [6.45, 7) is 12.1. The second kappa shape index (κ2) is 11.8. The van der Waals surface area contributed by atoms with Gasteiger partial charge in [-0.25, -0.2) is 4.98 Å². The van der Waals surface area contributed by atoms with Crippen molar-refractivity contribution in [2.24, 2.45) is 0 Å². The molecule has 1 amide bonds. The van der Waals surface area contributed by atoms with E-state index in [1.54, 1.807) is 41.7 Å². The summed E-state index contributed by atoms with van der Waals surface area (Å²) in [7, 11) is 3.67. The lowest BCUT2D eigenvalue weighted by molar-refractivity contribution is -0.106. The number of aromatic nitrogens is 2. The Hall–Kier alpha value is -3.69. The molecule has 10 heteroatoms. The molecular formula is C30H36ClFN6O2. The van der Waals surface area contributed by atoms with Crippen molar-refractivity contribution in [2.45, 2.75) is 33.2 Å². The van der Waals surface area contributed by atoms with E-state index in [1.165, 1.54) is 11.0 Å². The minimum absolute atomic E-state index is 0.0979. The fourth-order valence-electron chi connectivity index (χ4n) is 4.78. The van der Waals surface area contributed by atoms with Gasteiger partial charge in [-0.2, -0.15) is 4.39 Å². The van der Waals surface area contributed by atoms with E-state index in [9.17, 15) is 14.3 Å². The van der Waals surface area contributed by atoms with Crippen molar-refractivity contribution in [1.82, 2.24) is 19.8 Å². The maximum absolute atomic E-state index is 14.8. The molecule has 8 nitrogen and oxygen atoms in total. The van der Waals surface area contributed by atoms with E-state index in [-0.39, 0.29) is 27.6 Å². The summed E-state index contributed by atoms with van der Waals surface area (Å²) in [5, 5.41) is 11.5. The monoisotopic (exact) mass is 566 g/mol. The van der Waals surface area contributed by atoms with E-state index in [0.717, 1.165) is 37.6 Å². The fraction of sp³-hybridized carbons (Fsp3) is 0.367. The summed E-state index contributed by atoms with van der Waals surface area (Å²) >= 11 is 6.52. The zero-order valence-corrected chi connectivity index (χ0v) is 24.6. The van der Waals surface area contributed by atoms with Crippen LogP contribution in [0.15, 0.2) is 48.9 Å². The van der Waals surface area contributed by atoms with Crippen LogP contribution in [-0.2, 0) is 4.79 Å². The summed E-state index contributed by atoms with van der Waals surface area (Å²) in [5.74, 6) is -0.925. The van der Waals surface area contributed by atoms with Crippen LogP contribution < -0.4 is 9.80 Å². The normalized spacial score (nSPS) is 14.6. The van der Waals surface area contributed by atoms with Gasteiger partial charge in [-0.1, -0.05) is 17.7 Å². The van der Waals surface area contributed by atoms with Crippen LogP contribution in [0.25, 0.3) is 22.4 Å². The zero-order chi connectivity index (χ0) is 29.2. The molecule has 4 rings (SSSR count). The third-order valence-corrected chi connectivity index (χ3v) is 7.34. The molecule has 3 heterocycles. The Morgan fingerprint density at radius 3 is 2.35 bits per heavy atom. The summed E-state index contributed by atoms with van der Waals surface area (Å²) in [5.41, 5.74) is 3.67. The molecule has 40 heavy (non-hydrogen) atoms. The number of nitrogens with zero attached hydrogens (tertiary/aromatic N) is 6. The lowest BCUT2D eigenvalue weighted by Gasteiger charge is -2.43. The van der Waals surface area contributed by atoms with Gasteiger partial charge in [0.1, 0.15) is 11.4 Å². The van der Waals surface area contributed by atoms with Gasteiger partial charge in [-0.3, -0.25) is 19.6 Å². The van der Waals surface area contributed by atoms with Gasteiger partial charge in [-0.15, -0.1) is 0 Å². The highest BCUT2D eigenvalue weighted by Crippen LogP contribution is 2.40. The van der Waals surface area contributed by atoms with Crippen LogP contribution in [0.5, 0.6) is 5.75 Å². The summed E-state index contributed by atoms with van der Waals surface area (Å²) in [4.78, 5) is 28.1. The van der Waals surface area contributed by atoms with E-state index < -0.39 is 5.95 Å². The number of halogens is 2. The molecule has 0 spiro atoms. The molecule has 0 aliphatic carbocycles. The molecule has 1 fully saturated rings. The first kappa shape index (κ1) is 29.3. The SMILES string of the molecule is Cc1ncc(-c2nc(F)cc(-c3ccc(N(C=O)/C=C\N(C)C)c(Cl)c3)c2O)cc1N1CCN(C(C)(C)C)CC1. The highest BCUT2D eigenvalue weighted by Gasteiger charge is 2.27. The number of pyridine rings is 2. The summed E-state index contributed by atoms with van der Waals surface area (Å²) in [6, 6.07) is 7.99. The maximum Gasteiger partial charge on any atom is 0.218 e. The fourth-order valence-corrected chi connectivity index (χ4v) is 5.06. The van der Waals surface area contributed by atoms with Crippen molar-refractivity contribution in [2.75, 3.05) is 50.1 Å². The molecule has 1 aliphatic rings. The van der Waals surface area contributed by atoms with Crippen LogP contribution in [0.3, 0.4) is 0 Å². The Balaban J connectivity index is 1.68. The highest BCUT2D eigenvalue weighted by molar-refractivity contribution is 6.34. The molecule has 0 saturated carbocycles. The van der Waals surface area contributed by atoms with Gasteiger partial charge >= 0.3 is 0 Å². The van der Waals surface area contributed by atoms with Gasteiger partial charge in [0.2, 0.25) is 12.4 Å². The van der Waals surface area contributed by atoms with Gasteiger partial charge in [0.15, 0.2) is 0 Å². The second-order valence-electron chi connectivity index (χ2n) is 11.1. The van der Waals surface area contributed by atoms with E-state index in [0.29, 0.717) is 23.2 Å². The number of aryl methyl sites for hydroxylation is 1. The van der Waals surface area contributed by atoms with Crippen molar-refractivity contribution in [3.8, 4) is 28.1 Å². The van der Waals surface area contributed by atoms with E-state index in [1.807, 2.05) is 27.1 Å². The number of amides is 1. The number of benzene rings is 1. The van der Waals surface area contributed by atoms with Crippen molar-refractivity contribution < 1.29 is 14.3 Å². The van der Waals surface area contributed by atoms with Crippen LogP contribution >= 0.6 is 11.6 Å². The van der Waals surface area contributed by atoms with E-state index in [4.69, 9.17) is 11.6 Å². The van der Waals surface area contributed by atoms with Crippen molar-refractivity contribution in [3.63, 3.8) is 0 Å². The Bertz CT molecular complexity index is 1410. The van der Waals surface area contributed by atoms with Gasteiger partial charge in [0.25, 0.3) is 0 Å². The number of hydrogen-bond acceptors (Lipinski definition) is 7. The third-order valence-electron chi connectivity index (χ3n) is 7.04. The first-order valence-corrected chi connectivity index (χ1v) is 13.5. The minimum Gasteiger partial charge on any atom is -0.505 e. The number of rotatable bonds is 7. The first-order chi connectivity index (χ1) is 18.9. The Morgan fingerprint density at radius 2 is 1.75 bits per heavy atom. The lowest BCUT2D eigenvalue weighted by atomic mass is 10.0. The average Bonchev–Trinajstić information content (AvgIpc) is 2.90. The van der Waals surface area contributed by atoms with E-state index >= 15 is 0 Å². The number of aromatic hydroxyl groups is 1. The van der Waals surface area contributed by atoms with Crippen molar-refractivity contribution >= 4 is 29.4 Å². The summed E-state index contributed by atoms with van der Waals surface area (Å²) < 4.78 is 14.8. The molecule has 3 aromatic rings. The number of hydrogen-bond donors (Lipinski definition) is 1. The van der Waals surface area contributed by atoms with Crippen LogP contribution in [0.2, 0.25) is 5.02 Å².